The number of benzene rings is 3. The van der Waals surface area contributed by atoms with E-state index in [9.17, 15) is 18.7 Å². The van der Waals surface area contributed by atoms with E-state index in [2.05, 4.69) is 4.74 Å². The zero-order valence-corrected chi connectivity index (χ0v) is 19.6. The molecule has 0 aliphatic carbocycles. The molecule has 0 bridgehead atoms. The van der Waals surface area contributed by atoms with E-state index in [1.165, 1.54) is 18.2 Å². The minimum Gasteiger partial charge on any atom is -0.507 e. The molecule has 9 heteroatoms. The number of amides is 1. The average molecular weight is 508 g/mol. The van der Waals surface area contributed by atoms with Crippen molar-refractivity contribution in [2.24, 2.45) is 0 Å². The van der Waals surface area contributed by atoms with Crippen LogP contribution in [0, 0.1) is 0 Å². The molecule has 0 saturated carbocycles. The third-order valence-corrected chi connectivity index (χ3v) is 6.14. The Labute approximate surface area is 205 Å². The van der Waals surface area contributed by atoms with Crippen LogP contribution in [-0.2, 0) is 11.2 Å². The maximum Gasteiger partial charge on any atom is 0.387 e. The minimum atomic E-state index is -2.95. The van der Waals surface area contributed by atoms with Gasteiger partial charge in [-0.2, -0.15) is 8.78 Å². The molecule has 5 nitrogen and oxygen atoms in total. The molecule has 0 aromatic heterocycles. The van der Waals surface area contributed by atoms with E-state index in [4.69, 9.17) is 27.9 Å². The highest BCUT2D eigenvalue weighted by Gasteiger charge is 2.34. The summed E-state index contributed by atoms with van der Waals surface area (Å²) in [6.45, 7) is -0.338. The Morgan fingerprint density at radius 2 is 1.82 bits per heavy atom. The molecule has 1 atom stereocenters. The summed E-state index contributed by atoms with van der Waals surface area (Å²) >= 11 is 12.9. The smallest absolute Gasteiger partial charge is 0.387 e. The standard InChI is InChI=1S/C25H21Cl2F2NO4/c1-14-12-30(14)24(32)13-33-18-10-21(26)20(22(27)11-18)8-15-5-6-23(31)19(7-15)16-3-2-4-17(9-16)34-25(28)29/h2-7,9-11,14,25,31H,8,12-13H2,1H3. The van der Waals surface area contributed by atoms with E-state index < -0.39 is 6.61 Å². The van der Waals surface area contributed by atoms with Crippen molar-refractivity contribution >= 4 is 29.1 Å². The number of carbonyl (C=O) groups is 1. The van der Waals surface area contributed by atoms with Crippen molar-refractivity contribution in [2.75, 3.05) is 13.2 Å². The van der Waals surface area contributed by atoms with Crippen LogP contribution in [0.2, 0.25) is 10.0 Å². The van der Waals surface area contributed by atoms with Gasteiger partial charge in [-0.1, -0.05) is 41.4 Å². The van der Waals surface area contributed by atoms with E-state index >= 15 is 0 Å². The Balaban J connectivity index is 1.52. The first kappa shape index (κ1) is 24.1. The molecule has 178 valence electrons. The summed E-state index contributed by atoms with van der Waals surface area (Å²) in [7, 11) is 0. The molecule has 1 saturated heterocycles. The van der Waals surface area contributed by atoms with Crippen molar-refractivity contribution in [1.82, 2.24) is 4.90 Å². The fourth-order valence-corrected chi connectivity index (χ4v) is 4.21. The second kappa shape index (κ2) is 10.1. The van der Waals surface area contributed by atoms with Gasteiger partial charge in [0.25, 0.3) is 5.91 Å². The van der Waals surface area contributed by atoms with Gasteiger partial charge in [0.05, 0.1) is 0 Å². The van der Waals surface area contributed by atoms with Crippen molar-refractivity contribution in [3.05, 3.63) is 75.8 Å². The molecule has 0 radical (unpaired) electrons. The highest BCUT2D eigenvalue weighted by molar-refractivity contribution is 6.36. The lowest BCUT2D eigenvalue weighted by molar-refractivity contribution is -0.128. The van der Waals surface area contributed by atoms with Crippen molar-refractivity contribution in [3.8, 4) is 28.4 Å². The number of nitrogens with zero attached hydrogens (tertiary/aromatic N) is 1. The first-order valence-electron chi connectivity index (χ1n) is 10.5. The summed E-state index contributed by atoms with van der Waals surface area (Å²) in [5.74, 6) is 0.280. The first-order valence-corrected chi connectivity index (χ1v) is 11.2. The van der Waals surface area contributed by atoms with Crippen LogP contribution in [0.3, 0.4) is 0 Å². The number of phenols is 1. The van der Waals surface area contributed by atoms with E-state index in [0.717, 1.165) is 12.1 Å². The number of alkyl halides is 2. The van der Waals surface area contributed by atoms with Gasteiger partial charge in [0.15, 0.2) is 6.61 Å². The monoisotopic (exact) mass is 507 g/mol. The zero-order valence-electron chi connectivity index (χ0n) is 18.1. The van der Waals surface area contributed by atoms with Crippen molar-refractivity contribution in [3.63, 3.8) is 0 Å². The molecule has 1 aliphatic rings. The number of rotatable bonds is 8. The van der Waals surface area contributed by atoms with E-state index in [-0.39, 0.29) is 30.1 Å². The maximum atomic E-state index is 12.6. The fourth-order valence-electron chi connectivity index (χ4n) is 3.61. The SMILES string of the molecule is CC1CN1C(=O)COc1cc(Cl)c(Cc2ccc(O)c(-c3cccc(OC(F)F)c3)c2)c(Cl)c1. The molecular formula is C25H21Cl2F2NO4. The van der Waals surface area contributed by atoms with E-state index in [1.807, 2.05) is 6.92 Å². The molecule has 3 aromatic carbocycles. The van der Waals surface area contributed by atoms with Crippen LogP contribution >= 0.6 is 23.2 Å². The van der Waals surface area contributed by atoms with Gasteiger partial charge in [0.2, 0.25) is 0 Å². The number of carbonyl (C=O) groups excluding carboxylic acids is 1. The highest BCUT2D eigenvalue weighted by atomic mass is 35.5. The predicted molar refractivity (Wildman–Crippen MR) is 126 cm³/mol. The molecule has 1 N–H and O–H groups in total. The third-order valence-electron chi connectivity index (χ3n) is 5.47. The van der Waals surface area contributed by atoms with Gasteiger partial charge in [-0.25, -0.2) is 0 Å². The normalized spacial score (nSPS) is 14.9. The summed E-state index contributed by atoms with van der Waals surface area (Å²) in [6.07, 6.45) is 0.350. The van der Waals surface area contributed by atoms with Crippen LogP contribution in [0.1, 0.15) is 18.1 Å². The van der Waals surface area contributed by atoms with Crippen LogP contribution < -0.4 is 9.47 Å². The summed E-state index contributed by atoms with van der Waals surface area (Å²) in [5, 5.41) is 11.1. The third kappa shape index (κ3) is 5.72. The lowest BCUT2D eigenvalue weighted by atomic mass is 9.98. The van der Waals surface area contributed by atoms with Gasteiger partial charge in [0.1, 0.15) is 17.2 Å². The summed E-state index contributed by atoms with van der Waals surface area (Å²) in [6, 6.07) is 14.5. The molecule has 1 fully saturated rings. The molecule has 1 heterocycles. The van der Waals surface area contributed by atoms with Crippen molar-refractivity contribution in [1.29, 1.82) is 0 Å². The zero-order chi connectivity index (χ0) is 24.4. The number of aromatic hydroxyl groups is 1. The number of hydrogen-bond donors (Lipinski definition) is 1. The van der Waals surface area contributed by atoms with E-state index in [0.29, 0.717) is 38.9 Å². The molecule has 34 heavy (non-hydrogen) atoms. The van der Waals surface area contributed by atoms with Crippen LogP contribution in [0.5, 0.6) is 17.2 Å². The Morgan fingerprint density at radius 3 is 2.47 bits per heavy atom. The van der Waals surface area contributed by atoms with Crippen molar-refractivity contribution < 1.29 is 28.2 Å². The maximum absolute atomic E-state index is 12.6. The van der Waals surface area contributed by atoms with Crippen LogP contribution in [-0.4, -0.2) is 41.7 Å². The Morgan fingerprint density at radius 1 is 1.12 bits per heavy atom. The van der Waals surface area contributed by atoms with Crippen LogP contribution in [0.4, 0.5) is 8.78 Å². The van der Waals surface area contributed by atoms with Gasteiger partial charge >= 0.3 is 6.61 Å². The average Bonchev–Trinajstić information content (AvgIpc) is 3.52. The van der Waals surface area contributed by atoms with Gasteiger partial charge in [-0.3, -0.25) is 4.79 Å². The lowest BCUT2D eigenvalue weighted by Gasteiger charge is -2.13. The minimum absolute atomic E-state index is 0.00888. The van der Waals surface area contributed by atoms with Gasteiger partial charge in [-0.05, 0) is 60.0 Å². The predicted octanol–water partition coefficient (Wildman–Crippen LogP) is 6.17. The Hall–Kier alpha value is -3.03. The lowest BCUT2D eigenvalue weighted by Crippen LogP contribution is -2.20. The second-order valence-electron chi connectivity index (χ2n) is 7.98. The quantitative estimate of drug-likeness (QED) is 0.370. The summed E-state index contributed by atoms with van der Waals surface area (Å²) in [5.41, 5.74) is 2.40. The number of phenolic OH excluding ortho intramolecular Hbond substituents is 1. The fraction of sp³-hybridized carbons (Fsp3) is 0.240. The summed E-state index contributed by atoms with van der Waals surface area (Å²) in [4.78, 5) is 13.7. The molecule has 1 unspecified atom stereocenters. The van der Waals surface area contributed by atoms with Gasteiger partial charge in [-0.15, -0.1) is 0 Å². The molecule has 4 rings (SSSR count). The molecule has 3 aromatic rings. The topological polar surface area (TPSA) is 58.8 Å². The largest absolute Gasteiger partial charge is 0.507 e. The number of ether oxygens (including phenoxy) is 2. The Kier molecular flexibility index (Phi) is 7.14. The Bertz CT molecular complexity index is 1200. The van der Waals surface area contributed by atoms with Crippen LogP contribution in [0.15, 0.2) is 54.6 Å². The van der Waals surface area contributed by atoms with Gasteiger partial charge < -0.3 is 19.5 Å². The molecule has 1 aliphatic heterocycles. The van der Waals surface area contributed by atoms with E-state index in [1.54, 1.807) is 41.3 Å². The van der Waals surface area contributed by atoms with Gasteiger partial charge in [0, 0.05) is 34.6 Å². The molecular weight excluding hydrogens is 487 g/mol. The first-order chi connectivity index (χ1) is 16.2. The van der Waals surface area contributed by atoms with Crippen molar-refractivity contribution in [2.45, 2.75) is 26.0 Å². The number of halogens is 4. The van der Waals surface area contributed by atoms with Crippen LogP contribution in [0.25, 0.3) is 11.1 Å². The number of hydrogen-bond acceptors (Lipinski definition) is 4. The molecule has 0 spiro atoms. The summed E-state index contributed by atoms with van der Waals surface area (Å²) < 4.78 is 35.1. The highest BCUT2D eigenvalue weighted by Crippen LogP contribution is 2.36. The molecule has 1 amide bonds. The second-order valence-corrected chi connectivity index (χ2v) is 8.80.